The lowest BCUT2D eigenvalue weighted by atomic mass is 9.84. The largest absolute Gasteiger partial charge is 0.490 e. The summed E-state index contributed by atoms with van der Waals surface area (Å²) in [6, 6.07) is -2.72. The highest BCUT2D eigenvalue weighted by molar-refractivity contribution is 5.73. The Morgan fingerprint density at radius 3 is 1.79 bits per heavy atom. The molecule has 1 unspecified atom stereocenters. The van der Waals surface area contributed by atoms with Crippen LogP contribution < -0.4 is 22.9 Å². The maximum atomic E-state index is 10.6. The summed E-state index contributed by atoms with van der Waals surface area (Å²) in [5.41, 5.74) is 23.6. The smallest absolute Gasteiger partial charge is 0.475 e. The van der Waals surface area contributed by atoms with E-state index in [9.17, 15) is 43.8 Å². The Hall–Kier alpha value is -1.30. The number of ether oxygens (including phenoxy) is 4. The van der Waals surface area contributed by atoms with E-state index in [0.29, 0.717) is 0 Å². The van der Waals surface area contributed by atoms with E-state index in [0.717, 1.165) is 0 Å². The second-order valence-electron chi connectivity index (χ2n) is 9.10. The van der Waals surface area contributed by atoms with E-state index in [1.807, 2.05) is 0 Å². The third kappa shape index (κ3) is 7.46. The quantitative estimate of drug-likeness (QED) is 0.142. The van der Waals surface area contributed by atoms with Crippen LogP contribution in [0.15, 0.2) is 0 Å². The van der Waals surface area contributed by atoms with E-state index < -0.39 is 104 Å². The van der Waals surface area contributed by atoms with Crippen molar-refractivity contribution >= 4 is 5.97 Å². The molecule has 15 N–H and O–H groups in total. The third-order valence-electron chi connectivity index (χ3n) is 6.37. The average molecular weight is 568 g/mol. The molecule has 2 heterocycles. The van der Waals surface area contributed by atoms with Gasteiger partial charge in [0.1, 0.15) is 48.8 Å². The normalized spacial score (nSPS) is 45.8. The maximum Gasteiger partial charge on any atom is 0.490 e. The summed E-state index contributed by atoms with van der Waals surface area (Å²) in [5, 5.41) is 67.3. The molecular formula is C19H35F3N4O12. The van der Waals surface area contributed by atoms with Gasteiger partial charge in [-0.15, -0.1) is 0 Å². The van der Waals surface area contributed by atoms with Crippen molar-refractivity contribution in [2.24, 2.45) is 22.9 Å². The summed E-state index contributed by atoms with van der Waals surface area (Å²) in [4.78, 5) is 8.90. The number of rotatable bonds is 6. The number of aliphatic hydroxyl groups excluding tert-OH is 6. The molecule has 14 atom stereocenters. The summed E-state index contributed by atoms with van der Waals surface area (Å²) in [6.07, 6.45) is -18.9. The summed E-state index contributed by atoms with van der Waals surface area (Å²) in [5.74, 6) is -2.76. The van der Waals surface area contributed by atoms with Gasteiger partial charge in [0.25, 0.3) is 0 Å². The highest BCUT2D eigenvalue weighted by Gasteiger charge is 2.52. The molecule has 0 bridgehead atoms. The molecule has 0 aromatic rings. The predicted octanol–water partition coefficient (Wildman–Crippen LogP) is -6.02. The lowest BCUT2D eigenvalue weighted by molar-refractivity contribution is -0.306. The van der Waals surface area contributed by atoms with Crippen molar-refractivity contribution in [1.82, 2.24) is 0 Å². The maximum absolute atomic E-state index is 10.6. The van der Waals surface area contributed by atoms with Gasteiger partial charge < -0.3 is 77.6 Å². The van der Waals surface area contributed by atoms with Crippen molar-refractivity contribution in [3.63, 3.8) is 0 Å². The third-order valence-corrected chi connectivity index (χ3v) is 6.37. The van der Waals surface area contributed by atoms with Crippen LogP contribution in [-0.2, 0) is 23.7 Å². The Morgan fingerprint density at radius 2 is 1.32 bits per heavy atom. The fourth-order valence-corrected chi connectivity index (χ4v) is 4.16. The zero-order chi connectivity index (χ0) is 29.1. The van der Waals surface area contributed by atoms with Crippen LogP contribution in [0.2, 0.25) is 0 Å². The summed E-state index contributed by atoms with van der Waals surface area (Å²) in [6.45, 7) is -0.673. The molecule has 3 fully saturated rings. The van der Waals surface area contributed by atoms with Crippen molar-refractivity contribution in [2.45, 2.75) is 98.2 Å². The number of aliphatic hydroxyl groups is 6. The van der Waals surface area contributed by atoms with Gasteiger partial charge in [-0.2, -0.15) is 13.2 Å². The van der Waals surface area contributed by atoms with Crippen LogP contribution in [0, 0.1) is 0 Å². The molecule has 0 amide bonds. The van der Waals surface area contributed by atoms with E-state index in [-0.39, 0.29) is 13.0 Å². The Morgan fingerprint density at radius 1 is 0.816 bits per heavy atom. The minimum Gasteiger partial charge on any atom is -0.475 e. The first-order chi connectivity index (χ1) is 17.5. The molecule has 2 aliphatic heterocycles. The van der Waals surface area contributed by atoms with Gasteiger partial charge in [-0.25, -0.2) is 4.79 Å². The fourth-order valence-electron chi connectivity index (χ4n) is 4.16. The van der Waals surface area contributed by atoms with Crippen LogP contribution in [0.3, 0.4) is 0 Å². The van der Waals surface area contributed by atoms with Crippen molar-refractivity contribution in [2.75, 3.05) is 13.2 Å². The molecule has 1 aliphatic carbocycles. The molecule has 0 spiro atoms. The number of carboxylic acids is 1. The second kappa shape index (κ2) is 13.4. The molecule has 0 aromatic carbocycles. The summed E-state index contributed by atoms with van der Waals surface area (Å²) < 4.78 is 54.2. The number of carboxylic acid groups (broad SMARTS) is 1. The molecule has 0 aromatic heterocycles. The molecule has 3 rings (SSSR count). The number of alkyl halides is 3. The van der Waals surface area contributed by atoms with Gasteiger partial charge >= 0.3 is 12.1 Å². The van der Waals surface area contributed by atoms with Crippen molar-refractivity contribution in [3.8, 4) is 0 Å². The van der Waals surface area contributed by atoms with Crippen LogP contribution in [0.25, 0.3) is 0 Å². The Kier molecular flexibility index (Phi) is 11.6. The first-order valence-corrected chi connectivity index (χ1v) is 11.4. The molecule has 19 heteroatoms. The van der Waals surface area contributed by atoms with Crippen molar-refractivity contribution < 1.29 is 72.7 Å². The zero-order valence-corrected chi connectivity index (χ0v) is 19.8. The van der Waals surface area contributed by atoms with Crippen LogP contribution >= 0.6 is 0 Å². The molecule has 16 nitrogen and oxygen atoms in total. The molecule has 38 heavy (non-hydrogen) atoms. The lowest BCUT2D eigenvalue weighted by Crippen LogP contribution is -2.68. The van der Waals surface area contributed by atoms with Gasteiger partial charge in [0.05, 0.1) is 18.8 Å². The van der Waals surface area contributed by atoms with Gasteiger partial charge in [-0.3, -0.25) is 0 Å². The Bertz CT molecular complexity index is 771. The number of nitrogens with two attached hydrogens (primary N) is 4. The van der Waals surface area contributed by atoms with Gasteiger partial charge in [-0.05, 0) is 6.42 Å². The monoisotopic (exact) mass is 568 g/mol. The minimum absolute atomic E-state index is 0.114. The second-order valence-corrected chi connectivity index (χ2v) is 9.10. The van der Waals surface area contributed by atoms with E-state index in [4.69, 9.17) is 51.8 Å². The Balaban J connectivity index is 0.000000638. The lowest BCUT2D eigenvalue weighted by Gasteiger charge is -2.47. The standard InChI is InChI=1S/C17H34N4O10.C2HF3O2/c18-2-6-10(24)12(26)8(21)16(28-6)30-14-5(20)1-4(19)9(23)15(14)31-17-13(27)11(25)7(3-22)29-17;3-2(4,5)1(6)7/h4-17,22-27H,1-3,18-21H2;(H,6,7)/t4-,5+,6-,7-,8-,9?,10-,11-,12-,13-,14-,15-,16-,17+;/m1./s1. The van der Waals surface area contributed by atoms with Crippen molar-refractivity contribution in [3.05, 3.63) is 0 Å². The summed E-state index contributed by atoms with van der Waals surface area (Å²) in [7, 11) is 0. The molecule has 3 aliphatic rings. The summed E-state index contributed by atoms with van der Waals surface area (Å²) >= 11 is 0. The molecule has 0 radical (unpaired) electrons. The SMILES string of the molecule is NC[C@H]1O[C@H](O[C@H]2[C@H](O[C@@H]3O[C@H](CO)[C@@H](O)[C@H]3O)C(O)[C@H](N)C[C@@H]2N)[C@H](N)[C@@H](O)[C@@H]1O.O=C(O)C(F)(F)F. The number of hydrogen-bond acceptors (Lipinski definition) is 15. The average Bonchev–Trinajstić information content (AvgIpc) is 3.12. The van der Waals surface area contributed by atoms with E-state index >= 15 is 0 Å². The number of hydrogen-bond donors (Lipinski definition) is 11. The highest BCUT2D eigenvalue weighted by atomic mass is 19.4. The molecule has 224 valence electrons. The molecule has 2 saturated heterocycles. The number of aliphatic carboxylic acids is 1. The van der Waals surface area contributed by atoms with Crippen molar-refractivity contribution in [1.29, 1.82) is 0 Å². The van der Waals surface area contributed by atoms with E-state index in [1.165, 1.54) is 0 Å². The fraction of sp³-hybridized carbons (Fsp3) is 0.947. The first-order valence-electron chi connectivity index (χ1n) is 11.4. The first kappa shape index (κ1) is 32.9. The van der Waals surface area contributed by atoms with Crippen LogP contribution in [0.1, 0.15) is 6.42 Å². The number of halogens is 3. The molecular weight excluding hydrogens is 533 g/mol. The van der Waals surface area contributed by atoms with Gasteiger partial charge in [0.15, 0.2) is 12.6 Å². The highest BCUT2D eigenvalue weighted by Crippen LogP contribution is 2.32. The zero-order valence-electron chi connectivity index (χ0n) is 19.8. The van der Waals surface area contributed by atoms with Gasteiger partial charge in [0.2, 0.25) is 0 Å². The van der Waals surface area contributed by atoms with E-state index in [2.05, 4.69) is 0 Å². The molecule has 1 saturated carbocycles. The predicted molar refractivity (Wildman–Crippen MR) is 115 cm³/mol. The van der Waals surface area contributed by atoms with Crippen LogP contribution in [0.5, 0.6) is 0 Å². The van der Waals surface area contributed by atoms with Crippen LogP contribution in [-0.4, -0.2) is 147 Å². The topological polar surface area (TPSA) is 300 Å². The number of carbonyl (C=O) groups is 1. The Labute approximate surface area is 213 Å². The van der Waals surface area contributed by atoms with Gasteiger partial charge in [-0.1, -0.05) is 0 Å². The van der Waals surface area contributed by atoms with Gasteiger partial charge in [0, 0.05) is 18.6 Å². The van der Waals surface area contributed by atoms with Crippen LogP contribution in [0.4, 0.5) is 13.2 Å². The van der Waals surface area contributed by atoms with E-state index in [1.54, 1.807) is 0 Å². The minimum atomic E-state index is -5.08.